The first kappa shape index (κ1) is 16.9. The zero-order chi connectivity index (χ0) is 17.1. The van der Waals surface area contributed by atoms with Gasteiger partial charge in [0.15, 0.2) is 0 Å². The second-order valence-electron chi connectivity index (χ2n) is 5.22. The zero-order valence-corrected chi connectivity index (χ0v) is 16.5. The third-order valence-electron chi connectivity index (χ3n) is 3.26. The standard InChI is InChI=1S/C17H15BrN4OSe/c1-11-3-7-13(8-4-11)19-15(23)16-21-22(2)17(24-16)20-14-9-5-12(18)6-10-14/h3-10H,1-2H3,(H,19,23). The van der Waals surface area contributed by atoms with Gasteiger partial charge in [-0.25, -0.2) is 0 Å². The molecule has 0 aliphatic carbocycles. The Hall–Kier alpha value is -1.95. The molecular formula is C17H15BrN4OSe. The molecule has 1 heterocycles. The number of carbonyl (C=O) groups is 1. The summed E-state index contributed by atoms with van der Waals surface area (Å²) in [6.07, 6.45) is 0. The quantitative estimate of drug-likeness (QED) is 0.624. The number of carbonyl (C=O) groups excluding carboxylic acids is 1. The van der Waals surface area contributed by atoms with Crippen LogP contribution in [-0.4, -0.2) is 30.2 Å². The Kier molecular flexibility index (Phi) is 5.14. The number of benzene rings is 2. The van der Waals surface area contributed by atoms with Crippen LogP contribution in [-0.2, 0) is 7.05 Å². The van der Waals surface area contributed by atoms with Crippen LogP contribution in [0.4, 0.5) is 11.4 Å². The average Bonchev–Trinajstić information content (AvgIpc) is 2.93. The minimum atomic E-state index is -0.226. The second kappa shape index (κ2) is 7.30. The van der Waals surface area contributed by atoms with E-state index in [1.54, 1.807) is 4.68 Å². The molecular weight excluding hydrogens is 435 g/mol. The summed E-state index contributed by atoms with van der Waals surface area (Å²) in [4.78, 5) is 17.0. The summed E-state index contributed by atoms with van der Waals surface area (Å²) in [5.74, 6) is -0.174. The van der Waals surface area contributed by atoms with Crippen molar-refractivity contribution in [1.82, 2.24) is 9.78 Å². The molecule has 2 aromatic carbocycles. The van der Waals surface area contributed by atoms with E-state index in [0.29, 0.717) is 4.57 Å². The third kappa shape index (κ3) is 4.11. The van der Waals surface area contributed by atoms with Crippen LogP contribution >= 0.6 is 15.9 Å². The van der Waals surface area contributed by atoms with Crippen molar-refractivity contribution in [3.05, 3.63) is 67.5 Å². The van der Waals surface area contributed by atoms with Crippen molar-refractivity contribution in [3.63, 3.8) is 0 Å². The van der Waals surface area contributed by atoms with E-state index in [4.69, 9.17) is 0 Å². The van der Waals surface area contributed by atoms with E-state index >= 15 is 0 Å². The van der Waals surface area contributed by atoms with Crippen molar-refractivity contribution in [2.45, 2.75) is 6.92 Å². The first-order chi connectivity index (χ1) is 11.5. The minimum absolute atomic E-state index is 0.174. The van der Waals surface area contributed by atoms with Crippen molar-refractivity contribution in [2.24, 2.45) is 12.0 Å². The van der Waals surface area contributed by atoms with Gasteiger partial charge in [-0.2, -0.15) is 0 Å². The number of amides is 1. The molecule has 1 amide bonds. The summed E-state index contributed by atoms with van der Waals surface area (Å²) in [7, 11) is 1.81. The van der Waals surface area contributed by atoms with Crippen LogP contribution < -0.4 is 9.68 Å². The van der Waals surface area contributed by atoms with Crippen LogP contribution in [0, 0.1) is 6.92 Å². The van der Waals surface area contributed by atoms with E-state index in [2.05, 4.69) is 31.3 Å². The predicted octanol–water partition coefficient (Wildman–Crippen LogP) is 3.03. The SMILES string of the molecule is Cc1ccc(NC(=O)c2nn(C)c(=Nc3ccc(Br)cc3)[se]2)cc1. The van der Waals surface area contributed by atoms with E-state index < -0.39 is 0 Å². The number of aromatic nitrogens is 2. The Morgan fingerprint density at radius 3 is 2.50 bits per heavy atom. The molecule has 3 aromatic rings. The van der Waals surface area contributed by atoms with Gasteiger partial charge in [0.05, 0.1) is 0 Å². The third-order valence-corrected chi connectivity index (χ3v) is 5.88. The summed E-state index contributed by atoms with van der Waals surface area (Å²) in [6.45, 7) is 2.01. The average molecular weight is 450 g/mol. The van der Waals surface area contributed by atoms with Crippen LogP contribution in [0.5, 0.6) is 0 Å². The van der Waals surface area contributed by atoms with Gasteiger partial charge in [-0.1, -0.05) is 0 Å². The molecule has 0 aliphatic rings. The maximum atomic E-state index is 12.4. The molecule has 0 spiro atoms. The Labute approximate surface area is 153 Å². The molecule has 0 unspecified atom stereocenters. The van der Waals surface area contributed by atoms with Crippen molar-refractivity contribution in [3.8, 4) is 0 Å². The number of hydrogen-bond acceptors (Lipinski definition) is 3. The molecule has 0 atom stereocenters. The van der Waals surface area contributed by atoms with Crippen molar-refractivity contribution in [1.29, 1.82) is 0 Å². The fourth-order valence-electron chi connectivity index (χ4n) is 1.99. The molecule has 0 aliphatic heterocycles. The molecule has 3 rings (SSSR count). The van der Waals surface area contributed by atoms with Crippen LogP contribution in [0.25, 0.3) is 0 Å². The van der Waals surface area contributed by atoms with E-state index in [0.717, 1.165) is 25.8 Å². The first-order valence-electron chi connectivity index (χ1n) is 7.24. The summed E-state index contributed by atoms with van der Waals surface area (Å²) in [5, 5.41) is 7.20. The Bertz CT molecular complexity index is 926. The van der Waals surface area contributed by atoms with Crippen LogP contribution in [0.15, 0.2) is 58.0 Å². The van der Waals surface area contributed by atoms with E-state index in [9.17, 15) is 4.79 Å². The van der Waals surface area contributed by atoms with Crippen molar-refractivity contribution < 1.29 is 4.79 Å². The van der Waals surface area contributed by atoms with E-state index in [-0.39, 0.29) is 20.4 Å². The van der Waals surface area contributed by atoms with Crippen molar-refractivity contribution >= 4 is 47.7 Å². The maximum absolute atomic E-state index is 12.4. The molecule has 7 heteroatoms. The Balaban J connectivity index is 1.84. The van der Waals surface area contributed by atoms with E-state index in [1.807, 2.05) is 62.5 Å². The molecule has 0 fully saturated rings. The fraction of sp³-hybridized carbons (Fsp3) is 0.118. The van der Waals surface area contributed by atoms with E-state index in [1.165, 1.54) is 0 Å². The topological polar surface area (TPSA) is 59.3 Å². The molecule has 1 aromatic heterocycles. The van der Waals surface area contributed by atoms with Gasteiger partial charge in [0.25, 0.3) is 0 Å². The summed E-state index contributed by atoms with van der Waals surface area (Å²) >= 11 is 3.18. The van der Waals surface area contributed by atoms with Crippen molar-refractivity contribution in [2.75, 3.05) is 5.32 Å². The molecule has 1 N–H and O–H groups in total. The number of nitrogens with one attached hydrogen (secondary N) is 1. The number of nitrogens with zero attached hydrogens (tertiary/aromatic N) is 3. The number of aryl methyl sites for hydroxylation is 2. The Morgan fingerprint density at radius 1 is 1.17 bits per heavy atom. The summed E-state index contributed by atoms with van der Waals surface area (Å²) in [5.41, 5.74) is 2.77. The molecule has 5 nitrogen and oxygen atoms in total. The monoisotopic (exact) mass is 450 g/mol. The van der Waals surface area contributed by atoms with Gasteiger partial charge in [-0.15, -0.1) is 0 Å². The number of rotatable bonds is 3. The molecule has 0 saturated heterocycles. The van der Waals surface area contributed by atoms with Gasteiger partial charge in [-0.05, 0) is 0 Å². The van der Waals surface area contributed by atoms with Gasteiger partial charge in [-0.3, -0.25) is 0 Å². The summed E-state index contributed by atoms with van der Waals surface area (Å²) in [6, 6.07) is 15.4. The molecule has 0 bridgehead atoms. The van der Waals surface area contributed by atoms with Crippen LogP contribution in [0.2, 0.25) is 0 Å². The Morgan fingerprint density at radius 2 is 1.83 bits per heavy atom. The fourth-order valence-corrected chi connectivity index (χ4v) is 3.94. The molecule has 24 heavy (non-hydrogen) atoms. The predicted molar refractivity (Wildman–Crippen MR) is 98.6 cm³/mol. The van der Waals surface area contributed by atoms with Gasteiger partial charge in [0.1, 0.15) is 0 Å². The number of hydrogen-bond donors (Lipinski definition) is 1. The molecule has 122 valence electrons. The van der Waals surface area contributed by atoms with Crippen LogP contribution in [0.1, 0.15) is 14.9 Å². The zero-order valence-electron chi connectivity index (χ0n) is 13.2. The van der Waals surface area contributed by atoms with Gasteiger partial charge < -0.3 is 0 Å². The van der Waals surface area contributed by atoms with Gasteiger partial charge in [0, 0.05) is 0 Å². The number of halogens is 1. The van der Waals surface area contributed by atoms with Crippen LogP contribution in [0.3, 0.4) is 0 Å². The molecule has 0 radical (unpaired) electrons. The van der Waals surface area contributed by atoms with Gasteiger partial charge >= 0.3 is 154 Å². The number of anilines is 1. The van der Waals surface area contributed by atoms with Gasteiger partial charge in [0.2, 0.25) is 0 Å². The summed E-state index contributed by atoms with van der Waals surface area (Å²) < 4.78 is 4.00. The normalized spacial score (nSPS) is 11.5. The molecule has 0 saturated carbocycles. The first-order valence-corrected chi connectivity index (χ1v) is 9.74. The second-order valence-corrected chi connectivity index (χ2v) is 8.14.